The molecule has 0 amide bonds. The average molecular weight is 439 g/mol. The molecule has 0 unspecified atom stereocenters. The van der Waals surface area contributed by atoms with Crippen LogP contribution in [0.2, 0.25) is 0 Å². The van der Waals surface area contributed by atoms with E-state index in [-0.39, 0.29) is 5.82 Å². The third-order valence-corrected chi connectivity index (χ3v) is 6.14. The van der Waals surface area contributed by atoms with Gasteiger partial charge in [0.2, 0.25) is 0 Å². The van der Waals surface area contributed by atoms with Gasteiger partial charge in [0.15, 0.2) is 11.6 Å². The fourth-order valence-electron chi connectivity index (χ4n) is 4.50. The van der Waals surface area contributed by atoms with Gasteiger partial charge in [-0.05, 0) is 73.7 Å². The smallest absolute Gasteiger partial charge is 0.174 e. The number of fused-ring (bicyclic) bond motifs is 1. The molecule has 0 bridgehead atoms. The second-order valence-electron chi connectivity index (χ2n) is 8.45. The number of benzene rings is 2. The molecule has 0 saturated carbocycles. The molecule has 1 aliphatic heterocycles. The van der Waals surface area contributed by atoms with Crippen LogP contribution in [0.25, 0.3) is 17.8 Å². The van der Waals surface area contributed by atoms with Crippen molar-refractivity contribution in [1.82, 2.24) is 24.3 Å². The summed E-state index contributed by atoms with van der Waals surface area (Å²) in [6.45, 7) is 4.72. The fraction of sp³-hybridized carbons (Fsp3) is 0.231. The first-order chi connectivity index (χ1) is 16.0. The summed E-state index contributed by atoms with van der Waals surface area (Å²) in [5.74, 6) is 0.752. The van der Waals surface area contributed by atoms with Crippen LogP contribution in [0, 0.1) is 31.0 Å². The van der Waals surface area contributed by atoms with Crippen molar-refractivity contribution in [3.8, 4) is 11.8 Å². The van der Waals surface area contributed by atoms with E-state index in [1.807, 2.05) is 42.2 Å². The maximum atomic E-state index is 13.9. The summed E-state index contributed by atoms with van der Waals surface area (Å²) in [4.78, 5) is 8.99. The van der Waals surface area contributed by atoms with E-state index in [0.29, 0.717) is 30.2 Å². The molecule has 7 heteroatoms. The summed E-state index contributed by atoms with van der Waals surface area (Å²) in [6.07, 6.45) is 8.99. The van der Waals surface area contributed by atoms with Crippen LogP contribution in [0.15, 0.2) is 55.0 Å². The Morgan fingerprint density at radius 2 is 2.03 bits per heavy atom. The predicted octanol–water partition coefficient (Wildman–Crippen LogP) is 4.99. The standard InChI is InChI=1S/C26H23FN6/c1-18-13-20(7-9-23(18)32-15-19(2)29-17-32)8-10-24-30-25-26(16-28,11-4-12-33(25)31-24)21-5-3-6-22(27)14-21/h3,5-10,13-15,17H,4,11-12H2,1-2H3/b10-8+/t26-/m0/s1. The lowest BCUT2D eigenvalue weighted by Gasteiger charge is -2.30. The van der Waals surface area contributed by atoms with Crippen molar-refractivity contribution in [3.63, 3.8) is 0 Å². The number of nitrogens with zero attached hydrogens (tertiary/aromatic N) is 6. The van der Waals surface area contributed by atoms with Gasteiger partial charge >= 0.3 is 0 Å². The Hall–Kier alpha value is -4.05. The highest BCUT2D eigenvalue weighted by Crippen LogP contribution is 2.38. The number of nitriles is 1. The molecule has 0 radical (unpaired) electrons. The Labute approximate surface area is 191 Å². The zero-order valence-electron chi connectivity index (χ0n) is 18.5. The Balaban J connectivity index is 1.46. The molecule has 0 N–H and O–H groups in total. The second kappa shape index (κ2) is 8.14. The summed E-state index contributed by atoms with van der Waals surface area (Å²) in [6, 6.07) is 14.9. The highest BCUT2D eigenvalue weighted by molar-refractivity contribution is 5.68. The highest BCUT2D eigenvalue weighted by Gasteiger charge is 2.42. The summed E-state index contributed by atoms with van der Waals surface area (Å²) < 4.78 is 17.7. The highest BCUT2D eigenvalue weighted by atomic mass is 19.1. The first-order valence-electron chi connectivity index (χ1n) is 10.9. The maximum absolute atomic E-state index is 13.9. The molecule has 0 aliphatic carbocycles. The number of hydrogen-bond acceptors (Lipinski definition) is 4. The molecular formula is C26H23FN6. The van der Waals surface area contributed by atoms with Crippen molar-refractivity contribution in [1.29, 1.82) is 5.26 Å². The minimum absolute atomic E-state index is 0.358. The van der Waals surface area contributed by atoms with Crippen LogP contribution in [-0.2, 0) is 12.0 Å². The molecule has 0 spiro atoms. The summed E-state index contributed by atoms with van der Waals surface area (Å²) in [5, 5.41) is 14.7. The largest absolute Gasteiger partial charge is 0.306 e. The Kier molecular flexibility index (Phi) is 5.14. The van der Waals surface area contributed by atoms with Crippen LogP contribution in [0.1, 0.15) is 46.9 Å². The minimum Gasteiger partial charge on any atom is -0.306 e. The van der Waals surface area contributed by atoms with Crippen molar-refractivity contribution in [2.75, 3.05) is 0 Å². The molecular weight excluding hydrogens is 415 g/mol. The quantitative estimate of drug-likeness (QED) is 0.450. The van der Waals surface area contributed by atoms with Crippen LogP contribution in [0.4, 0.5) is 4.39 Å². The van der Waals surface area contributed by atoms with E-state index in [0.717, 1.165) is 28.9 Å². The number of halogens is 1. The van der Waals surface area contributed by atoms with Crippen LogP contribution in [0.5, 0.6) is 0 Å². The number of aromatic nitrogens is 5. The molecule has 1 atom stereocenters. The Morgan fingerprint density at radius 1 is 1.15 bits per heavy atom. The third-order valence-electron chi connectivity index (χ3n) is 6.14. The van der Waals surface area contributed by atoms with Gasteiger partial charge in [-0.2, -0.15) is 10.4 Å². The summed E-state index contributed by atoms with van der Waals surface area (Å²) in [5.41, 5.74) is 3.83. The minimum atomic E-state index is -0.999. The third kappa shape index (κ3) is 3.74. The summed E-state index contributed by atoms with van der Waals surface area (Å²) in [7, 11) is 0. The molecule has 4 aromatic rings. The van der Waals surface area contributed by atoms with E-state index < -0.39 is 5.41 Å². The van der Waals surface area contributed by atoms with E-state index in [9.17, 15) is 9.65 Å². The van der Waals surface area contributed by atoms with Crippen LogP contribution < -0.4 is 0 Å². The van der Waals surface area contributed by atoms with E-state index in [1.165, 1.54) is 12.1 Å². The summed E-state index contributed by atoms with van der Waals surface area (Å²) >= 11 is 0. The van der Waals surface area contributed by atoms with Gasteiger partial charge in [-0.3, -0.25) is 0 Å². The molecule has 6 nitrogen and oxygen atoms in total. The van der Waals surface area contributed by atoms with Crippen molar-refractivity contribution >= 4 is 12.2 Å². The molecule has 164 valence electrons. The lowest BCUT2D eigenvalue weighted by atomic mass is 9.75. The van der Waals surface area contributed by atoms with Gasteiger partial charge in [0.1, 0.15) is 11.2 Å². The van der Waals surface area contributed by atoms with Gasteiger partial charge in [-0.25, -0.2) is 19.0 Å². The second-order valence-corrected chi connectivity index (χ2v) is 8.45. The van der Waals surface area contributed by atoms with E-state index >= 15 is 0 Å². The molecule has 2 aromatic heterocycles. The predicted molar refractivity (Wildman–Crippen MR) is 124 cm³/mol. The first-order valence-corrected chi connectivity index (χ1v) is 10.9. The van der Waals surface area contributed by atoms with Crippen molar-refractivity contribution in [2.45, 2.75) is 38.6 Å². The number of aryl methyl sites for hydroxylation is 3. The molecule has 5 rings (SSSR count). The van der Waals surface area contributed by atoms with Gasteiger partial charge in [-0.15, -0.1) is 0 Å². The maximum Gasteiger partial charge on any atom is 0.174 e. The Bertz CT molecular complexity index is 1410. The average Bonchev–Trinajstić information content (AvgIpc) is 3.43. The molecule has 1 aliphatic rings. The van der Waals surface area contributed by atoms with Gasteiger partial charge in [0.05, 0.1) is 18.1 Å². The Morgan fingerprint density at radius 3 is 2.76 bits per heavy atom. The van der Waals surface area contributed by atoms with Crippen molar-refractivity contribution in [2.24, 2.45) is 0 Å². The lowest BCUT2D eigenvalue weighted by molar-refractivity contribution is 0.392. The topological polar surface area (TPSA) is 72.3 Å². The van der Waals surface area contributed by atoms with E-state index in [4.69, 9.17) is 4.98 Å². The van der Waals surface area contributed by atoms with Crippen LogP contribution in [-0.4, -0.2) is 24.3 Å². The first kappa shape index (κ1) is 20.8. The number of hydrogen-bond donors (Lipinski definition) is 0. The van der Waals surface area contributed by atoms with Gasteiger partial charge < -0.3 is 4.57 Å². The molecule has 2 aromatic carbocycles. The van der Waals surface area contributed by atoms with E-state index in [2.05, 4.69) is 35.2 Å². The number of rotatable bonds is 4. The monoisotopic (exact) mass is 438 g/mol. The van der Waals surface area contributed by atoms with Gasteiger partial charge in [0.25, 0.3) is 0 Å². The van der Waals surface area contributed by atoms with Crippen LogP contribution in [0.3, 0.4) is 0 Å². The van der Waals surface area contributed by atoms with Crippen molar-refractivity contribution < 1.29 is 4.39 Å². The normalized spacial score (nSPS) is 17.8. The fourth-order valence-corrected chi connectivity index (χ4v) is 4.50. The lowest BCUT2D eigenvalue weighted by Crippen LogP contribution is -2.34. The molecule has 33 heavy (non-hydrogen) atoms. The molecule has 0 saturated heterocycles. The van der Waals surface area contributed by atoms with Gasteiger partial charge in [0, 0.05) is 18.4 Å². The van der Waals surface area contributed by atoms with Crippen molar-refractivity contribution in [3.05, 3.63) is 94.8 Å². The zero-order chi connectivity index (χ0) is 23.0. The SMILES string of the molecule is Cc1cn(-c2ccc(/C=C/c3nc4n(n3)CCC[C@]4(C#N)c3cccc(F)c3)cc2C)cn1. The van der Waals surface area contributed by atoms with E-state index in [1.54, 1.807) is 16.8 Å². The van der Waals surface area contributed by atoms with Gasteiger partial charge in [-0.1, -0.05) is 24.3 Å². The molecule has 3 heterocycles. The van der Waals surface area contributed by atoms with Crippen LogP contribution >= 0.6 is 0 Å². The molecule has 0 fully saturated rings. The number of imidazole rings is 1. The zero-order valence-corrected chi connectivity index (χ0v) is 18.5.